The lowest BCUT2D eigenvalue weighted by molar-refractivity contribution is -0.130. The number of carbonyl (C=O) groups excluding carboxylic acids is 1. The fraction of sp³-hybridized carbons (Fsp3) is 0.538. The van der Waals surface area contributed by atoms with Crippen molar-refractivity contribution in [3.63, 3.8) is 0 Å². The molecule has 0 saturated heterocycles. The van der Waals surface area contributed by atoms with Crippen LogP contribution in [0.4, 0.5) is 0 Å². The Hall–Kier alpha value is -2.18. The van der Waals surface area contributed by atoms with Gasteiger partial charge in [0.2, 0.25) is 5.91 Å². The lowest BCUT2D eigenvalue weighted by atomic mass is 10.3. The van der Waals surface area contributed by atoms with Gasteiger partial charge in [-0.2, -0.15) is 5.10 Å². The zero-order valence-corrected chi connectivity index (χ0v) is 12.0. The molecule has 108 valence electrons. The highest BCUT2D eigenvalue weighted by Gasteiger charge is 2.13. The number of unbranched alkanes of at least 4 members (excludes halogenated alkanes) is 1. The Bertz CT molecular complexity index is 673. The first-order chi connectivity index (χ1) is 9.54. The standard InChI is InChI=1S/C13H19N5O2/c1-4-5-6-16(2)11(19)8-18-9-14-12-10(13(18)20)7-15-17(12)3/h7,9H,4-6,8H2,1-3H3. The Balaban J connectivity index is 2.20. The quantitative estimate of drug-likeness (QED) is 0.792. The van der Waals surface area contributed by atoms with Crippen molar-refractivity contribution in [1.29, 1.82) is 0 Å². The zero-order valence-electron chi connectivity index (χ0n) is 12.0. The molecule has 7 heteroatoms. The lowest BCUT2D eigenvalue weighted by Gasteiger charge is -2.17. The van der Waals surface area contributed by atoms with Crippen molar-refractivity contribution in [1.82, 2.24) is 24.2 Å². The topological polar surface area (TPSA) is 73.0 Å². The van der Waals surface area contributed by atoms with Crippen LogP contribution in [0.1, 0.15) is 19.8 Å². The van der Waals surface area contributed by atoms with Crippen molar-refractivity contribution in [2.24, 2.45) is 7.05 Å². The normalized spacial score (nSPS) is 10.9. The van der Waals surface area contributed by atoms with Crippen LogP contribution in [0, 0.1) is 0 Å². The van der Waals surface area contributed by atoms with Gasteiger partial charge in [-0.3, -0.25) is 18.8 Å². The maximum absolute atomic E-state index is 12.2. The first-order valence-corrected chi connectivity index (χ1v) is 6.65. The molecule has 0 aliphatic heterocycles. The van der Waals surface area contributed by atoms with Gasteiger partial charge in [-0.15, -0.1) is 0 Å². The number of nitrogens with zero attached hydrogens (tertiary/aromatic N) is 5. The summed E-state index contributed by atoms with van der Waals surface area (Å²) in [5, 5.41) is 4.43. The van der Waals surface area contributed by atoms with E-state index >= 15 is 0 Å². The van der Waals surface area contributed by atoms with Crippen LogP contribution in [0.2, 0.25) is 0 Å². The highest BCUT2D eigenvalue weighted by Crippen LogP contribution is 2.03. The molecule has 0 N–H and O–H groups in total. The maximum atomic E-state index is 12.2. The first-order valence-electron chi connectivity index (χ1n) is 6.65. The molecule has 1 amide bonds. The van der Waals surface area contributed by atoms with Crippen molar-refractivity contribution in [3.8, 4) is 0 Å². The SMILES string of the molecule is CCCCN(C)C(=O)Cn1cnc2c(cnn2C)c1=O. The van der Waals surface area contributed by atoms with E-state index in [2.05, 4.69) is 17.0 Å². The molecule has 0 aromatic carbocycles. The Labute approximate surface area is 116 Å². The Morgan fingerprint density at radius 2 is 2.20 bits per heavy atom. The fourth-order valence-electron chi connectivity index (χ4n) is 1.97. The third-order valence-corrected chi connectivity index (χ3v) is 3.30. The summed E-state index contributed by atoms with van der Waals surface area (Å²) in [5.74, 6) is -0.0920. The number of aromatic nitrogens is 4. The average Bonchev–Trinajstić information content (AvgIpc) is 2.81. The molecule has 0 spiro atoms. The van der Waals surface area contributed by atoms with Gasteiger partial charge in [-0.25, -0.2) is 4.98 Å². The van der Waals surface area contributed by atoms with Gasteiger partial charge >= 0.3 is 0 Å². The molecule has 0 bridgehead atoms. The van der Waals surface area contributed by atoms with E-state index in [-0.39, 0.29) is 18.0 Å². The summed E-state index contributed by atoms with van der Waals surface area (Å²) in [5.41, 5.74) is 0.290. The summed E-state index contributed by atoms with van der Waals surface area (Å²) in [7, 11) is 3.47. The minimum Gasteiger partial charge on any atom is -0.344 e. The predicted octanol–water partition coefficient (Wildman–Crippen LogP) is 0.389. The molecule has 7 nitrogen and oxygen atoms in total. The molecule has 0 aliphatic rings. The van der Waals surface area contributed by atoms with Crippen LogP contribution in [0.25, 0.3) is 11.0 Å². The summed E-state index contributed by atoms with van der Waals surface area (Å²) < 4.78 is 2.87. The molecular formula is C13H19N5O2. The minimum absolute atomic E-state index is 0.0108. The van der Waals surface area contributed by atoms with Crippen LogP contribution < -0.4 is 5.56 Å². The lowest BCUT2D eigenvalue weighted by Crippen LogP contribution is -2.34. The van der Waals surface area contributed by atoms with Gasteiger partial charge in [0.15, 0.2) is 5.65 Å². The van der Waals surface area contributed by atoms with Crippen LogP contribution in [-0.2, 0) is 18.4 Å². The van der Waals surface area contributed by atoms with Crippen LogP contribution in [0.5, 0.6) is 0 Å². The summed E-state index contributed by atoms with van der Waals surface area (Å²) in [6.07, 6.45) is 4.86. The molecule has 2 aromatic rings. The zero-order chi connectivity index (χ0) is 14.7. The molecule has 0 fully saturated rings. The van der Waals surface area contributed by atoms with Crippen LogP contribution in [-0.4, -0.2) is 43.7 Å². The van der Waals surface area contributed by atoms with E-state index in [4.69, 9.17) is 0 Å². The van der Waals surface area contributed by atoms with Gasteiger partial charge in [-0.1, -0.05) is 13.3 Å². The van der Waals surface area contributed by atoms with E-state index in [0.717, 1.165) is 12.8 Å². The van der Waals surface area contributed by atoms with Crippen molar-refractivity contribution in [2.45, 2.75) is 26.3 Å². The predicted molar refractivity (Wildman–Crippen MR) is 75.3 cm³/mol. The van der Waals surface area contributed by atoms with Crippen LogP contribution in [0.3, 0.4) is 0 Å². The summed E-state index contributed by atoms with van der Waals surface area (Å²) >= 11 is 0. The molecule has 20 heavy (non-hydrogen) atoms. The summed E-state index contributed by atoms with van der Waals surface area (Å²) in [4.78, 5) is 30.1. The maximum Gasteiger partial charge on any atom is 0.264 e. The van der Waals surface area contributed by atoms with Gasteiger partial charge in [0.05, 0.1) is 6.20 Å². The number of fused-ring (bicyclic) bond motifs is 1. The average molecular weight is 277 g/mol. The number of likely N-dealkylation sites (N-methyl/N-ethyl adjacent to an activating group) is 1. The second-order valence-electron chi connectivity index (χ2n) is 4.85. The molecule has 0 atom stereocenters. The van der Waals surface area contributed by atoms with E-state index in [1.165, 1.54) is 21.8 Å². The van der Waals surface area contributed by atoms with E-state index < -0.39 is 0 Å². The van der Waals surface area contributed by atoms with Gasteiger partial charge in [0.25, 0.3) is 5.56 Å². The fourth-order valence-corrected chi connectivity index (χ4v) is 1.97. The summed E-state index contributed by atoms with van der Waals surface area (Å²) in [6.45, 7) is 2.78. The monoisotopic (exact) mass is 277 g/mol. The van der Waals surface area contributed by atoms with Crippen molar-refractivity contribution in [3.05, 3.63) is 22.9 Å². The van der Waals surface area contributed by atoms with Crippen LogP contribution in [0.15, 0.2) is 17.3 Å². The number of carbonyl (C=O) groups is 1. The molecule has 0 unspecified atom stereocenters. The highest BCUT2D eigenvalue weighted by atomic mass is 16.2. The number of rotatable bonds is 5. The minimum atomic E-state index is -0.236. The van der Waals surface area contributed by atoms with Crippen molar-refractivity contribution < 1.29 is 4.79 Å². The second-order valence-corrected chi connectivity index (χ2v) is 4.85. The smallest absolute Gasteiger partial charge is 0.264 e. The van der Waals surface area contributed by atoms with Gasteiger partial charge in [0, 0.05) is 20.6 Å². The second kappa shape index (κ2) is 5.85. The van der Waals surface area contributed by atoms with Crippen LogP contribution >= 0.6 is 0 Å². The molecule has 0 radical (unpaired) electrons. The van der Waals surface area contributed by atoms with E-state index in [1.807, 2.05) is 0 Å². The Kier molecular flexibility index (Phi) is 4.16. The largest absolute Gasteiger partial charge is 0.344 e. The van der Waals surface area contributed by atoms with Crippen molar-refractivity contribution in [2.75, 3.05) is 13.6 Å². The number of hydrogen-bond donors (Lipinski definition) is 0. The molecule has 0 saturated carbocycles. The summed E-state index contributed by atoms with van der Waals surface area (Å²) in [6, 6.07) is 0. The number of amides is 1. The van der Waals surface area contributed by atoms with E-state index in [0.29, 0.717) is 17.6 Å². The van der Waals surface area contributed by atoms with Gasteiger partial charge < -0.3 is 4.90 Å². The molecule has 2 heterocycles. The molecule has 2 rings (SSSR count). The first kappa shape index (κ1) is 14.2. The Morgan fingerprint density at radius 1 is 1.45 bits per heavy atom. The van der Waals surface area contributed by atoms with Gasteiger partial charge in [0.1, 0.15) is 18.3 Å². The third kappa shape index (κ3) is 2.71. The molecule has 2 aromatic heterocycles. The highest BCUT2D eigenvalue weighted by molar-refractivity contribution is 5.77. The Morgan fingerprint density at radius 3 is 2.90 bits per heavy atom. The number of aryl methyl sites for hydroxylation is 1. The number of hydrogen-bond acceptors (Lipinski definition) is 4. The van der Waals surface area contributed by atoms with Gasteiger partial charge in [-0.05, 0) is 6.42 Å². The third-order valence-electron chi connectivity index (χ3n) is 3.30. The molecular weight excluding hydrogens is 258 g/mol. The van der Waals surface area contributed by atoms with E-state index in [9.17, 15) is 9.59 Å². The van der Waals surface area contributed by atoms with E-state index in [1.54, 1.807) is 19.0 Å². The van der Waals surface area contributed by atoms with Crippen molar-refractivity contribution >= 4 is 16.9 Å². The molecule has 0 aliphatic carbocycles.